The van der Waals surface area contributed by atoms with Gasteiger partial charge in [-0.05, 0) is 41.5 Å². The normalized spacial score (nSPS) is 11.5. The van der Waals surface area contributed by atoms with Crippen molar-refractivity contribution < 1.29 is 24.6 Å². The van der Waals surface area contributed by atoms with E-state index in [4.69, 9.17) is 10.2 Å². The summed E-state index contributed by atoms with van der Waals surface area (Å²) in [7, 11) is 0. The van der Waals surface area contributed by atoms with Crippen molar-refractivity contribution in [2.75, 3.05) is 0 Å². The van der Waals surface area contributed by atoms with E-state index >= 15 is 0 Å². The van der Waals surface area contributed by atoms with Crippen LogP contribution in [0.1, 0.15) is 41.5 Å². The standard InChI is InChI=1S/C11H22N4O5/c1-10(2,3)14(8(17)18)12-7(16)13-15(9(19)20)11(4,5)6/h1-6H3,(H,17,18)(H,19,20)(H2,12,13,16). The van der Waals surface area contributed by atoms with E-state index < -0.39 is 29.3 Å². The molecule has 0 atom stereocenters. The van der Waals surface area contributed by atoms with E-state index in [0.29, 0.717) is 10.0 Å². The number of hydrogen-bond acceptors (Lipinski definition) is 3. The molecule has 0 rings (SSSR count). The Morgan fingerprint density at radius 3 is 1.15 bits per heavy atom. The average Bonchev–Trinajstić information content (AvgIpc) is 2.18. The number of carbonyl (C=O) groups is 3. The van der Waals surface area contributed by atoms with Crippen molar-refractivity contribution >= 4 is 18.2 Å². The van der Waals surface area contributed by atoms with Gasteiger partial charge in [-0.3, -0.25) is 0 Å². The summed E-state index contributed by atoms with van der Waals surface area (Å²) < 4.78 is 0. The zero-order chi connectivity index (χ0) is 16.3. The van der Waals surface area contributed by atoms with E-state index in [2.05, 4.69) is 10.9 Å². The number of nitrogens with one attached hydrogen (secondary N) is 2. The highest BCUT2D eigenvalue weighted by Gasteiger charge is 2.31. The highest BCUT2D eigenvalue weighted by molar-refractivity contribution is 5.79. The van der Waals surface area contributed by atoms with Crippen molar-refractivity contribution in [3.8, 4) is 0 Å². The number of carboxylic acid groups (broad SMARTS) is 2. The van der Waals surface area contributed by atoms with Crippen molar-refractivity contribution in [1.29, 1.82) is 0 Å². The maximum atomic E-state index is 11.7. The van der Waals surface area contributed by atoms with Crippen molar-refractivity contribution in [3.63, 3.8) is 0 Å². The monoisotopic (exact) mass is 290 g/mol. The van der Waals surface area contributed by atoms with Gasteiger partial charge in [0, 0.05) is 0 Å². The van der Waals surface area contributed by atoms with E-state index in [-0.39, 0.29) is 0 Å². The molecule has 0 bridgehead atoms. The molecule has 0 saturated carbocycles. The zero-order valence-corrected chi connectivity index (χ0v) is 12.5. The fraction of sp³-hybridized carbons (Fsp3) is 0.727. The first kappa shape index (κ1) is 17.8. The van der Waals surface area contributed by atoms with Crippen LogP contribution in [0.2, 0.25) is 0 Å². The van der Waals surface area contributed by atoms with Gasteiger partial charge in [-0.25, -0.2) is 35.3 Å². The molecule has 20 heavy (non-hydrogen) atoms. The Bertz CT molecular complexity index is 361. The van der Waals surface area contributed by atoms with Crippen molar-refractivity contribution in [1.82, 2.24) is 20.9 Å². The Balaban J connectivity index is 4.93. The molecule has 0 fully saturated rings. The topological polar surface area (TPSA) is 122 Å². The first-order valence-electron chi connectivity index (χ1n) is 5.90. The van der Waals surface area contributed by atoms with Crippen molar-refractivity contribution in [2.24, 2.45) is 0 Å². The molecule has 0 heterocycles. The smallest absolute Gasteiger partial charge is 0.426 e. The number of hydrogen-bond donors (Lipinski definition) is 4. The van der Waals surface area contributed by atoms with Gasteiger partial charge in [-0.15, -0.1) is 0 Å². The van der Waals surface area contributed by atoms with Gasteiger partial charge < -0.3 is 10.2 Å². The van der Waals surface area contributed by atoms with Crippen LogP contribution < -0.4 is 10.9 Å². The minimum Gasteiger partial charge on any atom is -0.464 e. The van der Waals surface area contributed by atoms with Crippen molar-refractivity contribution in [3.05, 3.63) is 0 Å². The van der Waals surface area contributed by atoms with Crippen LogP contribution >= 0.6 is 0 Å². The third-order valence-electron chi connectivity index (χ3n) is 2.15. The molecule has 9 heteroatoms. The lowest BCUT2D eigenvalue weighted by Crippen LogP contribution is -2.63. The lowest BCUT2D eigenvalue weighted by molar-refractivity contribution is 0.0519. The molecule has 0 spiro atoms. The van der Waals surface area contributed by atoms with Crippen LogP contribution in [0.15, 0.2) is 0 Å². The molecule has 116 valence electrons. The van der Waals surface area contributed by atoms with E-state index in [0.717, 1.165) is 0 Å². The quantitative estimate of drug-likeness (QED) is 0.505. The largest absolute Gasteiger partial charge is 0.464 e. The zero-order valence-electron chi connectivity index (χ0n) is 12.5. The van der Waals surface area contributed by atoms with E-state index in [9.17, 15) is 14.4 Å². The molecular formula is C11H22N4O5. The Labute approximate surface area is 117 Å². The van der Waals surface area contributed by atoms with E-state index in [1.807, 2.05) is 0 Å². The second-order valence-electron chi connectivity index (χ2n) is 6.13. The predicted octanol–water partition coefficient (Wildman–Crippen LogP) is 1.67. The number of urea groups is 1. The van der Waals surface area contributed by atoms with Crippen LogP contribution in [0.4, 0.5) is 14.4 Å². The molecule has 4 amide bonds. The van der Waals surface area contributed by atoms with Crippen LogP contribution in [-0.4, -0.2) is 49.5 Å². The minimum atomic E-state index is -1.36. The molecule has 0 aliphatic rings. The van der Waals surface area contributed by atoms with Crippen LogP contribution in [-0.2, 0) is 0 Å². The summed E-state index contributed by atoms with van der Waals surface area (Å²) in [6.07, 6.45) is -2.71. The maximum Gasteiger partial charge on any atom is 0.426 e. The summed E-state index contributed by atoms with van der Waals surface area (Å²) in [5.41, 5.74) is 2.43. The third-order valence-corrected chi connectivity index (χ3v) is 2.15. The van der Waals surface area contributed by atoms with Gasteiger partial charge in [0.2, 0.25) is 0 Å². The van der Waals surface area contributed by atoms with Crippen LogP contribution in [0, 0.1) is 0 Å². The van der Waals surface area contributed by atoms with Crippen LogP contribution in [0.25, 0.3) is 0 Å². The van der Waals surface area contributed by atoms with E-state index in [1.165, 1.54) is 0 Å². The maximum absolute atomic E-state index is 11.7. The lowest BCUT2D eigenvalue weighted by Gasteiger charge is -2.36. The molecule has 0 aromatic carbocycles. The molecular weight excluding hydrogens is 268 g/mol. The first-order valence-corrected chi connectivity index (χ1v) is 5.90. The Hall–Kier alpha value is -2.19. The molecule has 4 N–H and O–H groups in total. The second kappa shape index (κ2) is 5.85. The summed E-state index contributed by atoms with van der Waals surface area (Å²) in [5, 5.41) is 19.4. The van der Waals surface area contributed by atoms with Gasteiger partial charge in [0.25, 0.3) is 0 Å². The number of amides is 4. The molecule has 0 saturated heterocycles. The summed E-state index contributed by atoms with van der Waals surface area (Å²) in [6.45, 7) is 9.50. The fourth-order valence-electron chi connectivity index (χ4n) is 1.23. The number of rotatable bonds is 0. The molecule has 0 aromatic heterocycles. The number of hydrazine groups is 2. The Morgan fingerprint density at radius 1 is 0.750 bits per heavy atom. The Morgan fingerprint density at radius 2 is 1.00 bits per heavy atom. The molecule has 0 radical (unpaired) electrons. The second-order valence-corrected chi connectivity index (χ2v) is 6.13. The number of carbonyl (C=O) groups excluding carboxylic acids is 1. The fourth-order valence-corrected chi connectivity index (χ4v) is 1.23. The summed E-state index contributed by atoms with van der Waals surface area (Å²) in [4.78, 5) is 33.8. The summed E-state index contributed by atoms with van der Waals surface area (Å²) >= 11 is 0. The third kappa shape index (κ3) is 5.21. The average molecular weight is 290 g/mol. The molecule has 0 aromatic rings. The first-order chi connectivity index (χ1) is 8.76. The van der Waals surface area contributed by atoms with Gasteiger partial charge in [0.1, 0.15) is 0 Å². The molecule has 0 aliphatic heterocycles. The van der Waals surface area contributed by atoms with Gasteiger partial charge in [0.15, 0.2) is 0 Å². The molecule has 0 aliphatic carbocycles. The van der Waals surface area contributed by atoms with E-state index in [1.54, 1.807) is 41.5 Å². The lowest BCUT2D eigenvalue weighted by atomic mass is 10.1. The Kier molecular flexibility index (Phi) is 5.21. The predicted molar refractivity (Wildman–Crippen MR) is 70.9 cm³/mol. The van der Waals surface area contributed by atoms with Crippen LogP contribution in [0.5, 0.6) is 0 Å². The summed E-state index contributed by atoms with van der Waals surface area (Å²) in [5.74, 6) is 0. The van der Waals surface area contributed by atoms with Gasteiger partial charge in [-0.2, -0.15) is 0 Å². The van der Waals surface area contributed by atoms with Gasteiger partial charge >= 0.3 is 18.2 Å². The molecule has 9 nitrogen and oxygen atoms in total. The van der Waals surface area contributed by atoms with Gasteiger partial charge in [0.05, 0.1) is 11.1 Å². The van der Waals surface area contributed by atoms with Gasteiger partial charge in [-0.1, -0.05) is 0 Å². The van der Waals surface area contributed by atoms with Crippen LogP contribution in [0.3, 0.4) is 0 Å². The number of nitrogens with zero attached hydrogens (tertiary/aromatic N) is 2. The highest BCUT2D eigenvalue weighted by atomic mass is 16.4. The summed E-state index contributed by atoms with van der Waals surface area (Å²) in [6, 6.07) is -0.959. The minimum absolute atomic E-state index is 0.686. The molecule has 0 unspecified atom stereocenters. The van der Waals surface area contributed by atoms with Crippen molar-refractivity contribution in [2.45, 2.75) is 52.6 Å². The SMILES string of the molecule is CC(C)(C)N(NC(=O)NN(C(=O)O)C(C)(C)C)C(=O)O. The highest BCUT2D eigenvalue weighted by Crippen LogP contribution is 2.12.